The minimum Gasteiger partial charge on any atom is -0.327 e. The fourth-order valence-corrected chi connectivity index (χ4v) is 2.33. The molecule has 1 aliphatic rings. The monoisotopic (exact) mass is 184 g/mol. The van der Waals surface area contributed by atoms with Crippen molar-refractivity contribution in [2.45, 2.75) is 57.5 Å². The Balaban J connectivity index is 2.18. The molecule has 0 radical (unpaired) electrons. The average molecular weight is 184 g/mol. The van der Waals surface area contributed by atoms with Gasteiger partial charge in [0.05, 0.1) is 0 Å². The minimum atomic E-state index is 0.385. The Morgan fingerprint density at radius 3 is 2.54 bits per heavy atom. The molecule has 0 amide bonds. The first-order valence-corrected chi connectivity index (χ1v) is 5.70. The van der Waals surface area contributed by atoms with E-state index < -0.39 is 0 Å². The van der Waals surface area contributed by atoms with E-state index in [1.165, 1.54) is 32.1 Å². The molecule has 1 saturated carbocycles. The Morgan fingerprint density at radius 2 is 2.00 bits per heavy atom. The molecule has 0 aromatic heterocycles. The van der Waals surface area contributed by atoms with Crippen LogP contribution in [0.4, 0.5) is 0 Å². The van der Waals surface area contributed by atoms with Crippen molar-refractivity contribution in [3.63, 3.8) is 0 Å². The van der Waals surface area contributed by atoms with Crippen LogP contribution in [0.3, 0.4) is 0 Å². The van der Waals surface area contributed by atoms with E-state index >= 15 is 0 Å². The predicted molar refractivity (Wildman–Crippen MR) is 57.8 cm³/mol. The number of likely N-dealkylation sites (N-methyl/N-ethyl adjacent to an activating group) is 1. The van der Waals surface area contributed by atoms with Crippen molar-refractivity contribution in [2.75, 3.05) is 13.6 Å². The molecular formula is C11H24N2. The summed E-state index contributed by atoms with van der Waals surface area (Å²) in [6, 6.07) is 1.21. The van der Waals surface area contributed by atoms with Gasteiger partial charge in [0.1, 0.15) is 0 Å². The van der Waals surface area contributed by atoms with Crippen molar-refractivity contribution in [3.05, 3.63) is 0 Å². The molecule has 0 aliphatic heterocycles. The third-order valence-electron chi connectivity index (χ3n) is 3.13. The molecule has 1 rings (SSSR count). The van der Waals surface area contributed by atoms with E-state index in [2.05, 4.69) is 18.9 Å². The van der Waals surface area contributed by atoms with Crippen LogP contribution in [0, 0.1) is 0 Å². The van der Waals surface area contributed by atoms with E-state index in [1.54, 1.807) is 0 Å². The second-order valence-corrected chi connectivity index (χ2v) is 4.43. The highest BCUT2D eigenvalue weighted by molar-refractivity contribution is 4.77. The molecule has 0 saturated heterocycles. The number of hydrogen-bond acceptors (Lipinski definition) is 2. The van der Waals surface area contributed by atoms with E-state index in [0.717, 1.165) is 19.0 Å². The van der Waals surface area contributed by atoms with Crippen LogP contribution < -0.4 is 5.73 Å². The average Bonchev–Trinajstić information content (AvgIpc) is 2.55. The molecule has 2 nitrogen and oxygen atoms in total. The van der Waals surface area contributed by atoms with E-state index in [-0.39, 0.29) is 0 Å². The lowest BCUT2D eigenvalue weighted by atomic mass is 10.1. The number of hydrogen-bond donors (Lipinski definition) is 1. The molecule has 13 heavy (non-hydrogen) atoms. The van der Waals surface area contributed by atoms with Gasteiger partial charge in [0.15, 0.2) is 0 Å². The Bertz CT molecular complexity index is 130. The number of nitrogens with two attached hydrogens (primary N) is 1. The zero-order chi connectivity index (χ0) is 9.68. The summed E-state index contributed by atoms with van der Waals surface area (Å²) < 4.78 is 0. The second-order valence-electron chi connectivity index (χ2n) is 4.43. The maximum absolute atomic E-state index is 6.01. The molecule has 0 heterocycles. The number of rotatable bonds is 5. The van der Waals surface area contributed by atoms with Gasteiger partial charge in [-0.15, -0.1) is 0 Å². The summed E-state index contributed by atoms with van der Waals surface area (Å²) in [6.45, 7) is 3.29. The van der Waals surface area contributed by atoms with Gasteiger partial charge in [0.2, 0.25) is 0 Å². The van der Waals surface area contributed by atoms with Crippen LogP contribution in [0.2, 0.25) is 0 Å². The van der Waals surface area contributed by atoms with Gasteiger partial charge in [-0.05, 0) is 26.3 Å². The van der Waals surface area contributed by atoms with E-state index in [4.69, 9.17) is 5.73 Å². The van der Waals surface area contributed by atoms with Gasteiger partial charge in [-0.3, -0.25) is 0 Å². The van der Waals surface area contributed by atoms with Crippen molar-refractivity contribution < 1.29 is 0 Å². The van der Waals surface area contributed by atoms with Crippen LogP contribution in [0.25, 0.3) is 0 Å². The first-order valence-electron chi connectivity index (χ1n) is 5.70. The highest BCUT2D eigenvalue weighted by atomic mass is 15.1. The van der Waals surface area contributed by atoms with Gasteiger partial charge in [-0.25, -0.2) is 0 Å². The largest absolute Gasteiger partial charge is 0.327 e. The molecule has 0 bridgehead atoms. The van der Waals surface area contributed by atoms with Crippen LogP contribution in [-0.2, 0) is 0 Å². The van der Waals surface area contributed by atoms with Gasteiger partial charge in [0, 0.05) is 18.6 Å². The minimum absolute atomic E-state index is 0.385. The van der Waals surface area contributed by atoms with Gasteiger partial charge in [0.25, 0.3) is 0 Å². The zero-order valence-corrected chi connectivity index (χ0v) is 9.13. The van der Waals surface area contributed by atoms with E-state index in [9.17, 15) is 0 Å². The number of nitrogens with zero attached hydrogens (tertiary/aromatic N) is 1. The first kappa shape index (κ1) is 11.0. The highest BCUT2D eigenvalue weighted by Gasteiger charge is 2.20. The molecule has 2 heteroatoms. The van der Waals surface area contributed by atoms with Crippen LogP contribution in [0.5, 0.6) is 0 Å². The molecule has 0 spiro atoms. The molecule has 0 aromatic rings. The van der Waals surface area contributed by atoms with Gasteiger partial charge in [-0.1, -0.05) is 26.2 Å². The molecular weight excluding hydrogens is 160 g/mol. The summed E-state index contributed by atoms with van der Waals surface area (Å²) in [5.74, 6) is 0. The fourth-order valence-electron chi connectivity index (χ4n) is 2.33. The molecule has 78 valence electrons. The van der Waals surface area contributed by atoms with Crippen LogP contribution in [0.1, 0.15) is 45.4 Å². The van der Waals surface area contributed by atoms with Crippen LogP contribution >= 0.6 is 0 Å². The van der Waals surface area contributed by atoms with Crippen LogP contribution in [0.15, 0.2) is 0 Å². The summed E-state index contributed by atoms with van der Waals surface area (Å²) in [5.41, 5.74) is 6.01. The Hall–Kier alpha value is -0.0800. The molecule has 0 aromatic carbocycles. The summed E-state index contributed by atoms with van der Waals surface area (Å²) in [7, 11) is 2.23. The van der Waals surface area contributed by atoms with Crippen molar-refractivity contribution in [3.8, 4) is 0 Å². The third-order valence-corrected chi connectivity index (χ3v) is 3.13. The summed E-state index contributed by atoms with van der Waals surface area (Å²) in [6.07, 6.45) is 7.97. The van der Waals surface area contributed by atoms with Crippen molar-refractivity contribution in [1.29, 1.82) is 0 Å². The zero-order valence-electron chi connectivity index (χ0n) is 9.13. The maximum atomic E-state index is 6.01. The fraction of sp³-hybridized carbons (Fsp3) is 1.00. The molecule has 1 fully saturated rings. The summed E-state index contributed by atoms with van der Waals surface area (Å²) >= 11 is 0. The van der Waals surface area contributed by atoms with Crippen molar-refractivity contribution >= 4 is 0 Å². The second kappa shape index (κ2) is 5.61. The van der Waals surface area contributed by atoms with Gasteiger partial charge < -0.3 is 10.6 Å². The molecule has 1 unspecified atom stereocenters. The van der Waals surface area contributed by atoms with E-state index in [1.807, 2.05) is 0 Å². The Kier molecular flexibility index (Phi) is 4.74. The predicted octanol–water partition coefficient (Wildman–Crippen LogP) is 1.99. The van der Waals surface area contributed by atoms with Crippen molar-refractivity contribution in [1.82, 2.24) is 4.90 Å². The highest BCUT2D eigenvalue weighted by Crippen LogP contribution is 2.22. The molecule has 2 N–H and O–H groups in total. The van der Waals surface area contributed by atoms with Gasteiger partial charge >= 0.3 is 0 Å². The summed E-state index contributed by atoms with van der Waals surface area (Å²) in [5, 5.41) is 0. The lowest BCUT2D eigenvalue weighted by Gasteiger charge is -2.26. The Morgan fingerprint density at radius 1 is 1.38 bits per heavy atom. The molecule has 1 atom stereocenters. The van der Waals surface area contributed by atoms with E-state index in [0.29, 0.717) is 6.04 Å². The topological polar surface area (TPSA) is 29.3 Å². The quantitative estimate of drug-likeness (QED) is 0.708. The summed E-state index contributed by atoms with van der Waals surface area (Å²) in [4.78, 5) is 2.47. The van der Waals surface area contributed by atoms with Crippen molar-refractivity contribution in [2.24, 2.45) is 5.73 Å². The first-order chi connectivity index (χ1) is 6.24. The lowest BCUT2D eigenvalue weighted by Crippen LogP contribution is -2.39. The third kappa shape index (κ3) is 3.65. The lowest BCUT2D eigenvalue weighted by molar-refractivity contribution is 0.227. The smallest absolute Gasteiger partial charge is 0.0167 e. The standard InChI is InChI=1S/C11H24N2/c1-3-6-10(12)9-13(2)11-7-4-5-8-11/h10-11H,3-9,12H2,1-2H3. The normalized spacial score (nSPS) is 21.2. The van der Waals surface area contributed by atoms with Gasteiger partial charge in [-0.2, -0.15) is 0 Å². The van der Waals surface area contributed by atoms with Crippen LogP contribution in [-0.4, -0.2) is 30.6 Å². The maximum Gasteiger partial charge on any atom is 0.0167 e. The molecule has 1 aliphatic carbocycles. The SMILES string of the molecule is CCCC(N)CN(C)C1CCCC1. The Labute approximate surface area is 82.5 Å².